The third-order valence-corrected chi connectivity index (χ3v) is 9.09. The summed E-state index contributed by atoms with van der Waals surface area (Å²) >= 11 is 5.74. The van der Waals surface area contributed by atoms with Gasteiger partial charge in [0.2, 0.25) is 0 Å². The molecule has 2 aromatic carbocycles. The monoisotopic (exact) mass is 612 g/mol. The Morgan fingerprint density at radius 2 is 1.75 bits per heavy atom. The van der Waals surface area contributed by atoms with E-state index in [0.717, 1.165) is 72.8 Å². The molecule has 2 fully saturated rings. The number of aromatic nitrogens is 2. The molecule has 0 unspecified atom stereocenters. The number of piperazine rings is 1. The molecule has 2 N–H and O–H groups in total. The molecular formula is C34H44N8OS. The molecule has 44 heavy (non-hydrogen) atoms. The fraction of sp³-hybridized carbons (Fsp3) is 0.471. The van der Waals surface area contributed by atoms with Crippen LogP contribution in [-0.2, 0) is 13.1 Å². The van der Waals surface area contributed by atoms with Gasteiger partial charge in [-0.1, -0.05) is 38.3 Å². The van der Waals surface area contributed by atoms with E-state index in [1.807, 2.05) is 54.1 Å². The molecular weight excluding hydrogens is 568 g/mol. The maximum atomic E-state index is 13.3. The maximum absolute atomic E-state index is 13.3. The quantitative estimate of drug-likeness (QED) is 0.292. The van der Waals surface area contributed by atoms with Crippen LogP contribution in [0.15, 0.2) is 61.1 Å². The number of nitriles is 1. The predicted molar refractivity (Wildman–Crippen MR) is 180 cm³/mol. The van der Waals surface area contributed by atoms with E-state index in [4.69, 9.17) is 17.5 Å². The Balaban J connectivity index is 1.20. The minimum atomic E-state index is -0.131. The van der Waals surface area contributed by atoms with Crippen molar-refractivity contribution in [2.45, 2.75) is 58.5 Å². The van der Waals surface area contributed by atoms with Gasteiger partial charge >= 0.3 is 6.03 Å². The van der Waals surface area contributed by atoms with Gasteiger partial charge < -0.3 is 25.0 Å². The van der Waals surface area contributed by atoms with Gasteiger partial charge in [-0.3, -0.25) is 4.90 Å². The fourth-order valence-corrected chi connectivity index (χ4v) is 6.29. The Bertz CT molecular complexity index is 1400. The second-order valence-corrected chi connectivity index (χ2v) is 12.2. The Hall–Kier alpha value is -4.10. The summed E-state index contributed by atoms with van der Waals surface area (Å²) < 4.78 is 2.05. The van der Waals surface area contributed by atoms with Crippen LogP contribution in [-0.4, -0.2) is 64.9 Å². The molecule has 10 heteroatoms. The molecule has 1 aliphatic carbocycles. The molecule has 9 nitrogen and oxygen atoms in total. The smallest absolute Gasteiger partial charge is 0.322 e. The van der Waals surface area contributed by atoms with Gasteiger partial charge in [-0.2, -0.15) is 5.26 Å². The number of carbonyl (C=O) groups excluding carboxylic acids is 1. The highest BCUT2D eigenvalue weighted by molar-refractivity contribution is 7.80. The van der Waals surface area contributed by atoms with Gasteiger partial charge in [0.25, 0.3) is 0 Å². The minimum absolute atomic E-state index is 0.131. The Morgan fingerprint density at radius 1 is 1.02 bits per heavy atom. The van der Waals surface area contributed by atoms with E-state index < -0.39 is 0 Å². The summed E-state index contributed by atoms with van der Waals surface area (Å²) in [5, 5.41) is 16.6. The highest BCUT2D eigenvalue weighted by atomic mass is 32.1. The zero-order valence-electron chi connectivity index (χ0n) is 25.8. The van der Waals surface area contributed by atoms with Crippen molar-refractivity contribution >= 4 is 34.7 Å². The first kappa shape index (κ1) is 31.3. The minimum Gasteiger partial charge on any atom is -0.368 e. The van der Waals surface area contributed by atoms with Crippen molar-refractivity contribution in [1.29, 1.82) is 5.26 Å². The first-order valence-corrected chi connectivity index (χ1v) is 16.4. The summed E-state index contributed by atoms with van der Waals surface area (Å²) in [7, 11) is 0. The van der Waals surface area contributed by atoms with Crippen LogP contribution < -0.4 is 20.4 Å². The zero-order valence-corrected chi connectivity index (χ0v) is 26.6. The molecule has 1 saturated carbocycles. The van der Waals surface area contributed by atoms with E-state index in [1.54, 1.807) is 11.2 Å². The largest absolute Gasteiger partial charge is 0.368 e. The Labute approximate surface area is 266 Å². The molecule has 2 heterocycles. The first-order valence-electron chi connectivity index (χ1n) is 15.9. The second-order valence-electron chi connectivity index (χ2n) is 11.8. The van der Waals surface area contributed by atoms with E-state index in [1.165, 1.54) is 32.1 Å². The topological polar surface area (TPSA) is 92.5 Å². The second kappa shape index (κ2) is 15.6. The summed E-state index contributed by atoms with van der Waals surface area (Å²) in [6, 6.07) is 17.9. The number of anilines is 2. The van der Waals surface area contributed by atoms with Crippen LogP contribution in [0.1, 0.15) is 62.3 Å². The molecule has 5 rings (SSSR count). The van der Waals surface area contributed by atoms with Crippen molar-refractivity contribution in [1.82, 2.24) is 25.1 Å². The summed E-state index contributed by atoms with van der Waals surface area (Å²) in [6.07, 6.45) is 11.2. The Kier molecular flexibility index (Phi) is 11.1. The molecule has 1 aliphatic heterocycles. The molecule has 3 aromatic rings. The van der Waals surface area contributed by atoms with E-state index in [-0.39, 0.29) is 6.03 Å². The average Bonchev–Trinajstić information content (AvgIpc) is 3.52. The molecule has 2 amide bonds. The van der Waals surface area contributed by atoms with Crippen LogP contribution in [0.3, 0.4) is 0 Å². The first-order chi connectivity index (χ1) is 21.5. The van der Waals surface area contributed by atoms with Crippen molar-refractivity contribution in [3.8, 4) is 6.07 Å². The SMILES string of the molecule is CCCNC(=O)N(Cc1cncn1Cc1ccc(C#N)cc1)c1ccc(N2CCN(C(=S)NCC3CCCCC3)CC2)cc1. The van der Waals surface area contributed by atoms with Crippen LogP contribution in [0.2, 0.25) is 0 Å². The lowest BCUT2D eigenvalue weighted by Gasteiger charge is -2.38. The lowest BCUT2D eigenvalue weighted by Crippen LogP contribution is -2.52. The Morgan fingerprint density at radius 3 is 2.43 bits per heavy atom. The third kappa shape index (κ3) is 8.29. The number of imidazole rings is 1. The van der Waals surface area contributed by atoms with E-state index >= 15 is 0 Å². The van der Waals surface area contributed by atoms with Gasteiger partial charge in [0.15, 0.2) is 5.11 Å². The summed E-state index contributed by atoms with van der Waals surface area (Å²) in [4.78, 5) is 24.2. The van der Waals surface area contributed by atoms with Crippen molar-refractivity contribution < 1.29 is 4.79 Å². The molecule has 0 spiro atoms. The lowest BCUT2D eigenvalue weighted by molar-refractivity contribution is 0.246. The predicted octanol–water partition coefficient (Wildman–Crippen LogP) is 5.51. The van der Waals surface area contributed by atoms with Crippen molar-refractivity contribution in [3.63, 3.8) is 0 Å². The van der Waals surface area contributed by atoms with Gasteiger partial charge in [-0.25, -0.2) is 9.78 Å². The number of rotatable bonds is 10. The van der Waals surface area contributed by atoms with Crippen molar-refractivity contribution in [2.75, 3.05) is 49.1 Å². The standard InChI is InChI=1S/C34H44N8OS/c1-2-16-37-33(43)42(25-32-23-36-26-41(32)24-29-10-8-27(21-35)9-11-29)31-14-12-30(13-15-31)39-17-19-40(20-18-39)34(44)38-22-28-6-4-3-5-7-28/h8-15,23,26,28H,2-7,16-20,22,24-25H2,1H3,(H,37,43)(H,38,44). The van der Waals surface area contributed by atoms with Crippen LogP contribution in [0.4, 0.5) is 16.2 Å². The van der Waals surface area contributed by atoms with Crippen LogP contribution >= 0.6 is 12.2 Å². The van der Waals surface area contributed by atoms with E-state index in [0.29, 0.717) is 25.2 Å². The van der Waals surface area contributed by atoms with Crippen LogP contribution in [0, 0.1) is 17.2 Å². The van der Waals surface area contributed by atoms with Gasteiger partial charge in [0.05, 0.1) is 30.2 Å². The van der Waals surface area contributed by atoms with E-state index in [2.05, 4.69) is 43.6 Å². The molecule has 0 radical (unpaired) electrons. The number of hydrogen-bond donors (Lipinski definition) is 2. The van der Waals surface area contributed by atoms with Crippen molar-refractivity contribution in [3.05, 3.63) is 77.9 Å². The van der Waals surface area contributed by atoms with E-state index in [9.17, 15) is 4.79 Å². The molecule has 0 bridgehead atoms. The molecule has 2 aliphatic rings. The lowest BCUT2D eigenvalue weighted by atomic mass is 9.89. The van der Waals surface area contributed by atoms with Crippen LogP contribution in [0.25, 0.3) is 0 Å². The molecule has 0 atom stereocenters. The van der Waals surface area contributed by atoms with Gasteiger partial charge in [-0.15, -0.1) is 0 Å². The number of benzene rings is 2. The number of nitrogens with zero attached hydrogens (tertiary/aromatic N) is 6. The van der Waals surface area contributed by atoms with Gasteiger partial charge in [0.1, 0.15) is 0 Å². The number of nitrogens with one attached hydrogen (secondary N) is 2. The number of amides is 2. The summed E-state index contributed by atoms with van der Waals surface area (Å²) in [5.41, 5.74) is 4.60. The number of urea groups is 1. The highest BCUT2D eigenvalue weighted by Crippen LogP contribution is 2.25. The number of thiocarbonyl (C=S) groups is 1. The van der Waals surface area contributed by atoms with Gasteiger partial charge in [-0.05, 0) is 79.4 Å². The fourth-order valence-electron chi connectivity index (χ4n) is 6.02. The zero-order chi connectivity index (χ0) is 30.7. The summed E-state index contributed by atoms with van der Waals surface area (Å²) in [5.74, 6) is 0.758. The highest BCUT2D eigenvalue weighted by Gasteiger charge is 2.22. The molecule has 1 aromatic heterocycles. The van der Waals surface area contributed by atoms with Crippen LogP contribution in [0.5, 0.6) is 0 Å². The van der Waals surface area contributed by atoms with Gasteiger partial charge in [0, 0.05) is 63.4 Å². The third-order valence-electron chi connectivity index (χ3n) is 8.69. The average molecular weight is 613 g/mol. The molecule has 232 valence electrons. The number of hydrogen-bond acceptors (Lipinski definition) is 5. The molecule has 1 saturated heterocycles. The van der Waals surface area contributed by atoms with Crippen molar-refractivity contribution in [2.24, 2.45) is 5.92 Å². The number of carbonyl (C=O) groups is 1. The maximum Gasteiger partial charge on any atom is 0.322 e. The summed E-state index contributed by atoms with van der Waals surface area (Å²) in [6.45, 7) is 8.24. The normalized spacial score (nSPS) is 15.5.